The minimum atomic E-state index is -1.34. The van der Waals surface area contributed by atoms with Crippen LogP contribution in [0.5, 0.6) is 0 Å². The van der Waals surface area contributed by atoms with Gasteiger partial charge in [-0.25, -0.2) is 0 Å². The number of rotatable bonds is 8. The molecule has 0 aliphatic carbocycles. The molecule has 0 rings (SSSR count). The van der Waals surface area contributed by atoms with Gasteiger partial charge in [0.15, 0.2) is 6.16 Å². The predicted octanol–water partition coefficient (Wildman–Crippen LogP) is 1.83. The number of nitrogens with zero attached hydrogens (tertiary/aromatic N) is 1. The van der Waals surface area contributed by atoms with E-state index in [9.17, 15) is 4.57 Å². The highest BCUT2D eigenvalue weighted by molar-refractivity contribution is 7.44. The first kappa shape index (κ1) is 13.5. The summed E-state index contributed by atoms with van der Waals surface area (Å²) in [7, 11) is -1.34. The summed E-state index contributed by atoms with van der Waals surface area (Å²) in [6.45, 7) is 2.75. The van der Waals surface area contributed by atoms with Gasteiger partial charge in [0.2, 0.25) is 6.35 Å². The van der Waals surface area contributed by atoms with Crippen molar-refractivity contribution in [3.05, 3.63) is 0 Å². The first-order chi connectivity index (χ1) is 6.70. The predicted molar refractivity (Wildman–Crippen MR) is 56.4 cm³/mol. The summed E-state index contributed by atoms with van der Waals surface area (Å²) in [5.74, 6) is 0. The molecule has 0 bridgehead atoms. The normalized spacial score (nSPS) is 13.4. The van der Waals surface area contributed by atoms with Gasteiger partial charge in [0, 0.05) is 6.42 Å². The molecule has 0 saturated carbocycles. The van der Waals surface area contributed by atoms with Gasteiger partial charge in [-0.05, 0) is 6.42 Å². The molecule has 0 aliphatic heterocycles. The Morgan fingerprint density at radius 2 is 2.36 bits per heavy atom. The fourth-order valence-electron chi connectivity index (χ4n) is 0.825. The molecule has 0 spiro atoms. The van der Waals surface area contributed by atoms with Gasteiger partial charge < -0.3 is 10.5 Å². The van der Waals surface area contributed by atoms with Gasteiger partial charge in [-0.15, -0.1) is 0 Å². The standard InChI is InChI=1S/C9H18N2O2P/c1-2-3-5-13-8-14(12)6-4-9(11)7-10/h9H,2-6,8,11H2,1H3/q+1. The van der Waals surface area contributed by atoms with E-state index in [2.05, 4.69) is 6.92 Å². The second-order valence-electron chi connectivity index (χ2n) is 3.12. The quantitative estimate of drug-likeness (QED) is 0.497. The molecular weight excluding hydrogens is 199 g/mol. The first-order valence-electron chi connectivity index (χ1n) is 4.85. The third kappa shape index (κ3) is 8.12. The largest absolute Gasteiger partial charge is 0.367 e. The van der Waals surface area contributed by atoms with Crippen LogP contribution in [0.1, 0.15) is 26.2 Å². The molecule has 0 radical (unpaired) electrons. The van der Waals surface area contributed by atoms with Crippen LogP contribution in [0.4, 0.5) is 0 Å². The molecule has 4 nitrogen and oxygen atoms in total. The minimum Gasteiger partial charge on any atom is -0.337 e. The van der Waals surface area contributed by atoms with E-state index in [0.29, 0.717) is 25.5 Å². The van der Waals surface area contributed by atoms with Gasteiger partial charge in [0.25, 0.3) is 0 Å². The van der Waals surface area contributed by atoms with E-state index in [0.717, 1.165) is 12.8 Å². The van der Waals surface area contributed by atoms with Gasteiger partial charge >= 0.3 is 7.80 Å². The molecule has 14 heavy (non-hydrogen) atoms. The highest BCUT2D eigenvalue weighted by atomic mass is 31.1. The van der Waals surface area contributed by atoms with E-state index in [1.54, 1.807) is 0 Å². The number of nitrogens with two attached hydrogens (primary N) is 1. The molecule has 0 heterocycles. The SMILES string of the molecule is CCCCOC[P+](=O)CCC(N)C#N. The van der Waals surface area contributed by atoms with Crippen LogP contribution in [0.2, 0.25) is 0 Å². The molecule has 0 aliphatic rings. The Morgan fingerprint density at radius 1 is 1.64 bits per heavy atom. The van der Waals surface area contributed by atoms with Crippen molar-refractivity contribution in [3.8, 4) is 6.07 Å². The summed E-state index contributed by atoms with van der Waals surface area (Å²) in [5, 5.41) is 8.39. The average Bonchev–Trinajstić information content (AvgIpc) is 2.21. The van der Waals surface area contributed by atoms with Crippen LogP contribution in [-0.2, 0) is 9.30 Å². The molecule has 80 valence electrons. The van der Waals surface area contributed by atoms with Gasteiger partial charge in [0.05, 0.1) is 18.7 Å². The number of nitriles is 1. The van der Waals surface area contributed by atoms with Crippen molar-refractivity contribution in [2.24, 2.45) is 5.73 Å². The Balaban J connectivity index is 3.33. The molecule has 2 N–H and O–H groups in total. The molecule has 0 amide bonds. The zero-order valence-electron chi connectivity index (χ0n) is 8.61. The molecule has 0 saturated heterocycles. The lowest BCUT2D eigenvalue weighted by Gasteiger charge is -1.96. The molecule has 5 heteroatoms. The maximum Gasteiger partial charge on any atom is 0.367 e. The van der Waals surface area contributed by atoms with Crippen molar-refractivity contribution >= 4 is 7.80 Å². The minimum absolute atomic E-state index is 0.299. The van der Waals surface area contributed by atoms with Crippen LogP contribution in [0, 0.1) is 11.3 Å². The van der Waals surface area contributed by atoms with E-state index in [1.165, 1.54) is 0 Å². The summed E-state index contributed by atoms with van der Waals surface area (Å²) in [6, 6.07) is 1.41. The van der Waals surface area contributed by atoms with Crippen molar-refractivity contribution in [3.63, 3.8) is 0 Å². The monoisotopic (exact) mass is 217 g/mol. The maximum absolute atomic E-state index is 11.3. The van der Waals surface area contributed by atoms with E-state index in [4.69, 9.17) is 15.7 Å². The van der Waals surface area contributed by atoms with Gasteiger partial charge in [-0.2, -0.15) is 5.26 Å². The van der Waals surface area contributed by atoms with Crippen molar-refractivity contribution in [2.45, 2.75) is 32.2 Å². The molecule has 2 unspecified atom stereocenters. The topological polar surface area (TPSA) is 76.1 Å². The van der Waals surface area contributed by atoms with E-state index in [-0.39, 0.29) is 0 Å². The molecule has 2 atom stereocenters. The lowest BCUT2D eigenvalue weighted by atomic mass is 10.3. The maximum atomic E-state index is 11.3. The van der Waals surface area contributed by atoms with Crippen LogP contribution < -0.4 is 5.73 Å². The van der Waals surface area contributed by atoms with Crippen LogP contribution >= 0.6 is 7.80 Å². The first-order valence-corrected chi connectivity index (χ1v) is 6.48. The van der Waals surface area contributed by atoms with Crippen LogP contribution in [0.25, 0.3) is 0 Å². The summed E-state index contributed by atoms with van der Waals surface area (Å²) in [6.07, 6.45) is 3.35. The highest BCUT2D eigenvalue weighted by Crippen LogP contribution is 2.21. The summed E-state index contributed by atoms with van der Waals surface area (Å²) >= 11 is 0. The van der Waals surface area contributed by atoms with E-state index in [1.807, 2.05) is 6.07 Å². The van der Waals surface area contributed by atoms with Gasteiger partial charge in [-0.3, -0.25) is 0 Å². The summed E-state index contributed by atoms with van der Waals surface area (Å²) < 4.78 is 16.5. The zero-order valence-corrected chi connectivity index (χ0v) is 9.50. The van der Waals surface area contributed by atoms with Crippen molar-refractivity contribution in [1.29, 1.82) is 5.26 Å². The van der Waals surface area contributed by atoms with Gasteiger partial charge in [-0.1, -0.05) is 17.9 Å². The highest BCUT2D eigenvalue weighted by Gasteiger charge is 2.16. The summed E-state index contributed by atoms with van der Waals surface area (Å²) in [4.78, 5) is 0. The lowest BCUT2D eigenvalue weighted by molar-refractivity contribution is 0.174. The number of hydrogen-bond acceptors (Lipinski definition) is 4. The third-order valence-electron chi connectivity index (χ3n) is 1.73. The fourth-order valence-corrected chi connectivity index (χ4v) is 1.85. The number of hydrogen-bond donors (Lipinski definition) is 1. The number of unbranched alkanes of at least 4 members (excludes halogenated alkanes) is 1. The Morgan fingerprint density at radius 3 is 2.93 bits per heavy atom. The molecule has 0 aromatic rings. The molecular formula is C9H18N2O2P+. The van der Waals surface area contributed by atoms with Crippen LogP contribution in [0.3, 0.4) is 0 Å². The Hall–Kier alpha value is -0.490. The molecule has 0 fully saturated rings. The second kappa shape index (κ2) is 9.08. The van der Waals surface area contributed by atoms with E-state index >= 15 is 0 Å². The average molecular weight is 217 g/mol. The van der Waals surface area contributed by atoms with Crippen molar-refractivity contribution in [1.82, 2.24) is 0 Å². The smallest absolute Gasteiger partial charge is 0.337 e. The van der Waals surface area contributed by atoms with Gasteiger partial charge in [0.1, 0.15) is 0 Å². The number of ether oxygens (including phenoxy) is 1. The van der Waals surface area contributed by atoms with Crippen LogP contribution in [0.15, 0.2) is 0 Å². The van der Waals surface area contributed by atoms with Crippen molar-refractivity contribution < 1.29 is 9.30 Å². The van der Waals surface area contributed by atoms with Crippen LogP contribution in [-0.4, -0.2) is 25.2 Å². The summed E-state index contributed by atoms with van der Waals surface area (Å²) in [5.41, 5.74) is 5.37. The third-order valence-corrected chi connectivity index (χ3v) is 2.96. The molecule has 0 aromatic heterocycles. The Bertz CT molecular complexity index is 203. The lowest BCUT2D eigenvalue weighted by Crippen LogP contribution is -2.17. The molecule has 0 aromatic carbocycles. The fraction of sp³-hybridized carbons (Fsp3) is 0.889. The Kier molecular flexibility index (Phi) is 8.76. The Labute approximate surface area is 86.2 Å². The zero-order chi connectivity index (χ0) is 10.8. The van der Waals surface area contributed by atoms with E-state index < -0.39 is 13.8 Å². The second-order valence-corrected chi connectivity index (χ2v) is 4.79. The van der Waals surface area contributed by atoms with Crippen molar-refractivity contribution in [2.75, 3.05) is 19.1 Å².